The molecule has 0 saturated carbocycles. The van der Waals surface area contributed by atoms with Gasteiger partial charge in [0.25, 0.3) is 0 Å². The summed E-state index contributed by atoms with van der Waals surface area (Å²) in [6.07, 6.45) is 3.98. The molecule has 0 bridgehead atoms. The Bertz CT molecular complexity index is 253. The summed E-state index contributed by atoms with van der Waals surface area (Å²) in [5.74, 6) is -1.72. The molecular weight excluding hydrogens is 184 g/mol. The fourth-order valence-corrected chi connectivity index (χ4v) is 0.754. The molecule has 0 aliphatic rings. The number of esters is 2. The predicted octanol–water partition coefficient (Wildman–Crippen LogP) is 1.39. The summed E-state index contributed by atoms with van der Waals surface area (Å²) >= 11 is 0. The van der Waals surface area contributed by atoms with Gasteiger partial charge < -0.3 is 4.74 Å². The molecule has 0 radical (unpaired) electrons. The van der Waals surface area contributed by atoms with Crippen LogP contribution in [0.1, 0.15) is 33.1 Å². The number of hydrogen-bond donors (Lipinski definition) is 0. The molecule has 0 aromatic rings. The molecule has 0 aliphatic carbocycles. The Kier molecular flexibility index (Phi) is 6.28. The summed E-state index contributed by atoms with van der Waals surface area (Å²) in [5.41, 5.74) is 0. The molecular formula is C10H14O4. The summed E-state index contributed by atoms with van der Waals surface area (Å²) in [6.45, 7) is 3.20. The Balaban J connectivity index is 3.77. The van der Waals surface area contributed by atoms with Crippen LogP contribution in [0.3, 0.4) is 0 Å². The van der Waals surface area contributed by atoms with Gasteiger partial charge in [-0.25, -0.2) is 0 Å². The molecule has 14 heavy (non-hydrogen) atoms. The lowest BCUT2D eigenvalue weighted by molar-refractivity contribution is -0.159. The summed E-state index contributed by atoms with van der Waals surface area (Å²) in [6, 6.07) is 0. The van der Waals surface area contributed by atoms with Crippen LogP contribution in [0.4, 0.5) is 0 Å². The van der Waals surface area contributed by atoms with E-state index in [1.165, 1.54) is 6.92 Å². The number of carbonyl (C=O) groups is 3. The molecule has 4 heteroatoms. The smallest absolute Gasteiger partial charge is 0.320 e. The van der Waals surface area contributed by atoms with Crippen LogP contribution in [0.15, 0.2) is 12.2 Å². The average Bonchev–Trinajstić information content (AvgIpc) is 2.02. The highest BCUT2D eigenvalue weighted by molar-refractivity contribution is 5.98. The molecule has 0 N–H and O–H groups in total. The van der Waals surface area contributed by atoms with Crippen LogP contribution in [0, 0.1) is 0 Å². The van der Waals surface area contributed by atoms with Crippen molar-refractivity contribution in [1.29, 1.82) is 0 Å². The molecule has 0 spiro atoms. The number of Topliss-reactive ketones (excluding diaryl/α,β-unsaturated/α-hetero) is 1. The van der Waals surface area contributed by atoms with Crippen LogP contribution in [0.25, 0.3) is 0 Å². The van der Waals surface area contributed by atoms with Crippen molar-refractivity contribution in [1.82, 2.24) is 0 Å². The molecule has 0 unspecified atom stereocenters. The third kappa shape index (κ3) is 7.21. The first-order valence-electron chi connectivity index (χ1n) is 4.44. The predicted molar refractivity (Wildman–Crippen MR) is 50.4 cm³/mol. The van der Waals surface area contributed by atoms with E-state index in [4.69, 9.17) is 0 Å². The van der Waals surface area contributed by atoms with Crippen molar-refractivity contribution in [2.75, 3.05) is 0 Å². The lowest BCUT2D eigenvalue weighted by Gasteiger charge is -1.98. The van der Waals surface area contributed by atoms with Crippen LogP contribution < -0.4 is 0 Å². The Hall–Kier alpha value is -1.45. The molecule has 0 amide bonds. The summed E-state index contributed by atoms with van der Waals surface area (Å²) < 4.78 is 4.36. The van der Waals surface area contributed by atoms with Crippen LogP contribution in [-0.4, -0.2) is 17.7 Å². The molecule has 0 fully saturated rings. The second-order valence-electron chi connectivity index (χ2n) is 2.81. The lowest BCUT2D eigenvalue weighted by Crippen LogP contribution is -2.13. The fraction of sp³-hybridized carbons (Fsp3) is 0.500. The van der Waals surface area contributed by atoms with E-state index >= 15 is 0 Å². The van der Waals surface area contributed by atoms with E-state index in [1.54, 1.807) is 12.2 Å². The van der Waals surface area contributed by atoms with Crippen molar-refractivity contribution >= 4 is 17.7 Å². The Labute approximate surface area is 82.9 Å². The highest BCUT2D eigenvalue weighted by Gasteiger charge is 2.10. The standard InChI is InChI=1S/C10H14O4/c1-3-4-5-6-9(12)14-10(13)7-8(2)11/h4-5H,3,6-7H2,1-2H3. The molecule has 0 heterocycles. The number of rotatable bonds is 5. The number of allylic oxidation sites excluding steroid dienone is 1. The molecule has 0 aromatic heterocycles. The number of hydrogen-bond acceptors (Lipinski definition) is 4. The lowest BCUT2D eigenvalue weighted by atomic mass is 10.3. The van der Waals surface area contributed by atoms with Gasteiger partial charge in [-0.3, -0.25) is 14.4 Å². The average molecular weight is 198 g/mol. The van der Waals surface area contributed by atoms with Gasteiger partial charge in [0.05, 0.1) is 6.42 Å². The van der Waals surface area contributed by atoms with Crippen LogP contribution in [-0.2, 0) is 19.1 Å². The first kappa shape index (κ1) is 12.6. The Morgan fingerprint density at radius 1 is 1.14 bits per heavy atom. The third-order valence-corrected chi connectivity index (χ3v) is 1.31. The normalized spacial score (nSPS) is 10.1. The minimum Gasteiger partial charge on any atom is -0.393 e. The second kappa shape index (κ2) is 7.00. The zero-order valence-electron chi connectivity index (χ0n) is 8.41. The zero-order valence-corrected chi connectivity index (χ0v) is 8.41. The number of ether oxygens (including phenoxy) is 1. The first-order valence-corrected chi connectivity index (χ1v) is 4.44. The van der Waals surface area contributed by atoms with Crippen molar-refractivity contribution in [3.05, 3.63) is 12.2 Å². The van der Waals surface area contributed by atoms with E-state index in [0.717, 1.165) is 6.42 Å². The van der Waals surface area contributed by atoms with E-state index in [9.17, 15) is 14.4 Å². The molecule has 0 saturated heterocycles. The minimum atomic E-state index is -0.785. The van der Waals surface area contributed by atoms with Gasteiger partial charge in [0.15, 0.2) is 0 Å². The maximum Gasteiger partial charge on any atom is 0.320 e. The molecule has 78 valence electrons. The van der Waals surface area contributed by atoms with E-state index in [1.807, 2.05) is 6.92 Å². The van der Waals surface area contributed by atoms with E-state index in [0.29, 0.717) is 0 Å². The monoisotopic (exact) mass is 198 g/mol. The van der Waals surface area contributed by atoms with Crippen molar-refractivity contribution < 1.29 is 19.1 Å². The molecule has 0 rings (SSSR count). The fourth-order valence-electron chi connectivity index (χ4n) is 0.754. The van der Waals surface area contributed by atoms with E-state index in [-0.39, 0.29) is 18.6 Å². The largest absolute Gasteiger partial charge is 0.393 e. The summed E-state index contributed by atoms with van der Waals surface area (Å²) in [4.78, 5) is 32.2. The van der Waals surface area contributed by atoms with Gasteiger partial charge in [0, 0.05) is 0 Å². The van der Waals surface area contributed by atoms with E-state index < -0.39 is 11.9 Å². The van der Waals surface area contributed by atoms with Gasteiger partial charge in [-0.1, -0.05) is 19.1 Å². The zero-order chi connectivity index (χ0) is 11.0. The van der Waals surface area contributed by atoms with Crippen LogP contribution >= 0.6 is 0 Å². The van der Waals surface area contributed by atoms with Gasteiger partial charge in [0.1, 0.15) is 12.2 Å². The first-order chi connectivity index (χ1) is 6.56. The summed E-state index contributed by atoms with van der Waals surface area (Å²) in [7, 11) is 0. The van der Waals surface area contributed by atoms with Crippen LogP contribution in [0.2, 0.25) is 0 Å². The quantitative estimate of drug-likeness (QED) is 0.380. The molecule has 4 nitrogen and oxygen atoms in total. The molecule has 0 aliphatic heterocycles. The maximum atomic E-state index is 10.9. The molecule has 0 aromatic carbocycles. The van der Waals surface area contributed by atoms with E-state index in [2.05, 4.69) is 4.74 Å². The van der Waals surface area contributed by atoms with Crippen molar-refractivity contribution in [3.63, 3.8) is 0 Å². The van der Waals surface area contributed by atoms with Crippen molar-refractivity contribution in [2.24, 2.45) is 0 Å². The van der Waals surface area contributed by atoms with Gasteiger partial charge in [-0.05, 0) is 13.3 Å². The second-order valence-corrected chi connectivity index (χ2v) is 2.81. The Morgan fingerprint density at radius 2 is 1.79 bits per heavy atom. The molecule has 0 atom stereocenters. The van der Waals surface area contributed by atoms with Gasteiger partial charge in [0.2, 0.25) is 0 Å². The SMILES string of the molecule is CCC=CCC(=O)OC(=O)CC(C)=O. The Morgan fingerprint density at radius 3 is 2.29 bits per heavy atom. The highest BCUT2D eigenvalue weighted by atomic mass is 16.6. The third-order valence-electron chi connectivity index (χ3n) is 1.31. The maximum absolute atomic E-state index is 10.9. The number of ketones is 1. The minimum absolute atomic E-state index is 0.0669. The highest BCUT2D eigenvalue weighted by Crippen LogP contribution is 1.94. The van der Waals surface area contributed by atoms with Crippen LogP contribution in [0.5, 0.6) is 0 Å². The summed E-state index contributed by atoms with van der Waals surface area (Å²) in [5, 5.41) is 0. The van der Waals surface area contributed by atoms with Crippen molar-refractivity contribution in [2.45, 2.75) is 33.1 Å². The van der Waals surface area contributed by atoms with Gasteiger partial charge in [-0.2, -0.15) is 0 Å². The van der Waals surface area contributed by atoms with Gasteiger partial charge >= 0.3 is 11.9 Å². The number of carbonyl (C=O) groups excluding carboxylic acids is 3. The topological polar surface area (TPSA) is 60.4 Å². The van der Waals surface area contributed by atoms with Gasteiger partial charge in [-0.15, -0.1) is 0 Å². The van der Waals surface area contributed by atoms with Crippen molar-refractivity contribution in [3.8, 4) is 0 Å².